The molecule has 0 heterocycles. The van der Waals surface area contributed by atoms with E-state index in [9.17, 15) is 0 Å². The third-order valence-electron chi connectivity index (χ3n) is 3.51. The molecule has 0 aliphatic carbocycles. The van der Waals surface area contributed by atoms with E-state index in [1.165, 1.54) is 44.1 Å². The number of hydrogen-bond acceptors (Lipinski definition) is 2. The lowest BCUT2D eigenvalue weighted by atomic mass is 10.1. The van der Waals surface area contributed by atoms with E-state index in [-0.39, 0.29) is 0 Å². The average molecular weight is 258 g/mol. The molecular weight excluding hydrogens is 232 g/mol. The first-order valence-electron chi connectivity index (χ1n) is 7.44. The Bertz CT molecular complexity index is 418. The molecular formula is C17H26N2. The Morgan fingerprint density at radius 3 is 2.63 bits per heavy atom. The molecule has 1 aromatic carbocycles. The minimum absolute atomic E-state index is 0.467. The van der Waals surface area contributed by atoms with E-state index in [4.69, 9.17) is 5.26 Å². The van der Waals surface area contributed by atoms with Crippen molar-refractivity contribution in [2.45, 2.75) is 65.3 Å². The summed E-state index contributed by atoms with van der Waals surface area (Å²) in [7, 11) is 0. The van der Waals surface area contributed by atoms with E-state index in [0.29, 0.717) is 6.04 Å². The lowest BCUT2D eigenvalue weighted by Gasteiger charge is -2.17. The predicted molar refractivity (Wildman–Crippen MR) is 82.4 cm³/mol. The van der Waals surface area contributed by atoms with Crippen LogP contribution in [0.3, 0.4) is 0 Å². The Balaban J connectivity index is 2.39. The monoisotopic (exact) mass is 258 g/mol. The van der Waals surface area contributed by atoms with Crippen molar-refractivity contribution < 1.29 is 0 Å². The van der Waals surface area contributed by atoms with Crippen LogP contribution in [0.5, 0.6) is 0 Å². The molecule has 19 heavy (non-hydrogen) atoms. The fourth-order valence-corrected chi connectivity index (χ4v) is 2.24. The maximum atomic E-state index is 8.93. The third kappa shape index (κ3) is 5.79. The van der Waals surface area contributed by atoms with Crippen molar-refractivity contribution in [2.75, 3.05) is 5.32 Å². The first-order valence-corrected chi connectivity index (χ1v) is 7.44. The standard InChI is InChI=1S/C17H26N2/c1-4-5-6-7-8-9-15(3)19-17-12-16(13-18)11-10-14(17)2/h10-12,15,19H,4-9H2,1-3H3. The zero-order valence-corrected chi connectivity index (χ0v) is 12.5. The van der Waals surface area contributed by atoms with Gasteiger partial charge in [-0.1, -0.05) is 45.1 Å². The van der Waals surface area contributed by atoms with E-state index >= 15 is 0 Å². The van der Waals surface area contributed by atoms with Gasteiger partial charge in [-0.3, -0.25) is 0 Å². The molecule has 1 unspecified atom stereocenters. The molecule has 0 spiro atoms. The molecule has 1 N–H and O–H groups in total. The third-order valence-corrected chi connectivity index (χ3v) is 3.51. The van der Waals surface area contributed by atoms with E-state index in [0.717, 1.165) is 11.3 Å². The highest BCUT2D eigenvalue weighted by molar-refractivity contribution is 5.55. The van der Waals surface area contributed by atoms with Crippen molar-refractivity contribution in [1.29, 1.82) is 5.26 Å². The summed E-state index contributed by atoms with van der Waals surface area (Å²) in [4.78, 5) is 0. The van der Waals surface area contributed by atoms with Crippen LogP contribution in [0, 0.1) is 18.3 Å². The van der Waals surface area contributed by atoms with Crippen molar-refractivity contribution in [3.63, 3.8) is 0 Å². The number of aryl methyl sites for hydroxylation is 1. The van der Waals surface area contributed by atoms with Gasteiger partial charge in [-0.2, -0.15) is 5.26 Å². The average Bonchev–Trinajstić information content (AvgIpc) is 2.41. The molecule has 1 rings (SSSR count). The fraction of sp³-hybridized carbons (Fsp3) is 0.588. The van der Waals surface area contributed by atoms with Crippen LogP contribution >= 0.6 is 0 Å². The molecule has 0 aromatic heterocycles. The summed E-state index contributed by atoms with van der Waals surface area (Å²) < 4.78 is 0. The Morgan fingerprint density at radius 1 is 1.21 bits per heavy atom. The van der Waals surface area contributed by atoms with E-state index in [1.807, 2.05) is 18.2 Å². The van der Waals surface area contributed by atoms with Gasteiger partial charge in [-0.25, -0.2) is 0 Å². The van der Waals surface area contributed by atoms with E-state index < -0.39 is 0 Å². The number of nitriles is 1. The molecule has 0 radical (unpaired) electrons. The molecule has 0 bridgehead atoms. The van der Waals surface area contributed by atoms with Crippen LogP contribution in [0.1, 0.15) is 63.5 Å². The summed E-state index contributed by atoms with van der Waals surface area (Å²) in [6, 6.07) is 8.49. The smallest absolute Gasteiger partial charge is 0.0992 e. The zero-order chi connectivity index (χ0) is 14.1. The zero-order valence-electron chi connectivity index (χ0n) is 12.5. The number of rotatable bonds is 8. The Kier molecular flexibility index (Phi) is 7.03. The molecule has 0 saturated carbocycles. The topological polar surface area (TPSA) is 35.8 Å². The highest BCUT2D eigenvalue weighted by atomic mass is 14.9. The predicted octanol–water partition coefficient (Wildman–Crippen LogP) is 5.03. The van der Waals surface area contributed by atoms with Gasteiger partial charge in [-0.15, -0.1) is 0 Å². The molecule has 1 atom stereocenters. The Morgan fingerprint density at radius 2 is 1.95 bits per heavy atom. The number of nitrogens with one attached hydrogen (secondary N) is 1. The SMILES string of the molecule is CCCCCCCC(C)Nc1cc(C#N)ccc1C. The first-order chi connectivity index (χ1) is 9.17. The highest BCUT2D eigenvalue weighted by Gasteiger charge is 2.05. The van der Waals surface area contributed by atoms with Crippen molar-refractivity contribution in [3.8, 4) is 6.07 Å². The number of nitrogens with zero attached hydrogens (tertiary/aromatic N) is 1. The Hall–Kier alpha value is -1.49. The van der Waals surface area contributed by atoms with E-state index in [1.54, 1.807) is 0 Å². The van der Waals surface area contributed by atoms with Crippen molar-refractivity contribution >= 4 is 5.69 Å². The van der Waals surface area contributed by atoms with Gasteiger partial charge < -0.3 is 5.32 Å². The van der Waals surface area contributed by atoms with Gasteiger partial charge in [0.1, 0.15) is 0 Å². The molecule has 0 amide bonds. The summed E-state index contributed by atoms with van der Waals surface area (Å²) in [5.41, 5.74) is 3.03. The fourth-order valence-electron chi connectivity index (χ4n) is 2.24. The second-order valence-electron chi connectivity index (χ2n) is 5.39. The second kappa shape index (κ2) is 8.58. The summed E-state index contributed by atoms with van der Waals surface area (Å²) in [6.45, 7) is 6.55. The summed E-state index contributed by atoms with van der Waals surface area (Å²) in [5.74, 6) is 0. The molecule has 104 valence electrons. The Labute approximate surface area is 117 Å². The molecule has 1 aromatic rings. The minimum atomic E-state index is 0.467. The summed E-state index contributed by atoms with van der Waals surface area (Å²) in [6.07, 6.45) is 7.81. The van der Waals surface area contributed by atoms with Crippen molar-refractivity contribution in [3.05, 3.63) is 29.3 Å². The van der Waals surface area contributed by atoms with Gasteiger partial charge in [0.15, 0.2) is 0 Å². The van der Waals surface area contributed by atoms with Gasteiger partial charge in [0.25, 0.3) is 0 Å². The maximum absolute atomic E-state index is 8.93. The van der Waals surface area contributed by atoms with Crippen LogP contribution in [0.25, 0.3) is 0 Å². The lowest BCUT2D eigenvalue weighted by Crippen LogP contribution is -2.15. The van der Waals surface area contributed by atoms with Crippen LogP contribution in [0.2, 0.25) is 0 Å². The van der Waals surface area contributed by atoms with Gasteiger partial charge in [0, 0.05) is 11.7 Å². The lowest BCUT2D eigenvalue weighted by molar-refractivity contribution is 0.578. The van der Waals surface area contributed by atoms with Gasteiger partial charge >= 0.3 is 0 Å². The number of unbranched alkanes of at least 4 members (excludes halogenated alkanes) is 4. The maximum Gasteiger partial charge on any atom is 0.0992 e. The normalized spacial score (nSPS) is 11.9. The van der Waals surface area contributed by atoms with Gasteiger partial charge in [0.2, 0.25) is 0 Å². The van der Waals surface area contributed by atoms with E-state index in [2.05, 4.69) is 32.2 Å². The molecule has 2 heteroatoms. The molecule has 0 aliphatic rings. The van der Waals surface area contributed by atoms with Crippen LogP contribution in [0.15, 0.2) is 18.2 Å². The van der Waals surface area contributed by atoms with Crippen LogP contribution in [0.4, 0.5) is 5.69 Å². The second-order valence-corrected chi connectivity index (χ2v) is 5.39. The van der Waals surface area contributed by atoms with Crippen molar-refractivity contribution in [2.24, 2.45) is 0 Å². The number of hydrogen-bond donors (Lipinski definition) is 1. The van der Waals surface area contributed by atoms with Gasteiger partial charge in [-0.05, 0) is 38.0 Å². The largest absolute Gasteiger partial charge is 0.382 e. The minimum Gasteiger partial charge on any atom is -0.382 e. The number of anilines is 1. The number of benzene rings is 1. The summed E-state index contributed by atoms with van der Waals surface area (Å²) >= 11 is 0. The molecule has 0 aliphatic heterocycles. The first kappa shape index (κ1) is 15.6. The summed E-state index contributed by atoms with van der Waals surface area (Å²) in [5, 5.41) is 12.5. The van der Waals surface area contributed by atoms with Crippen LogP contribution in [-0.4, -0.2) is 6.04 Å². The highest BCUT2D eigenvalue weighted by Crippen LogP contribution is 2.19. The molecule has 0 saturated heterocycles. The van der Waals surface area contributed by atoms with Crippen molar-refractivity contribution in [1.82, 2.24) is 0 Å². The quantitative estimate of drug-likeness (QED) is 0.664. The molecule has 2 nitrogen and oxygen atoms in total. The molecule has 0 fully saturated rings. The van der Waals surface area contributed by atoms with Crippen LogP contribution in [-0.2, 0) is 0 Å². The van der Waals surface area contributed by atoms with Gasteiger partial charge in [0.05, 0.1) is 11.6 Å². The van der Waals surface area contributed by atoms with Crippen LogP contribution < -0.4 is 5.32 Å².